The standard InChI is InChI=1S/C16H20N4O2.C2HF3O2/c1-17-16(21)14-9-18-15-11-19(7-8-20(14)15)10-12-3-5-13(22-2)6-4-12;3-2(4,5)1(6)7/h3-6,9H,7-8,10-11H2,1-2H3,(H,17,21);(H,6,7). The minimum atomic E-state index is -5.08. The molecule has 0 spiro atoms. The zero-order valence-electron chi connectivity index (χ0n) is 15.9. The number of carbonyl (C=O) groups excluding carboxylic acids is 1. The number of benzene rings is 1. The van der Waals surface area contributed by atoms with Crippen LogP contribution < -0.4 is 10.1 Å². The van der Waals surface area contributed by atoms with E-state index in [0.717, 1.165) is 37.8 Å². The fourth-order valence-electron chi connectivity index (χ4n) is 2.74. The molecule has 0 fully saturated rings. The van der Waals surface area contributed by atoms with E-state index in [1.807, 2.05) is 16.7 Å². The van der Waals surface area contributed by atoms with E-state index < -0.39 is 12.1 Å². The molecule has 1 aromatic carbocycles. The van der Waals surface area contributed by atoms with Crippen molar-refractivity contribution in [2.24, 2.45) is 0 Å². The monoisotopic (exact) mass is 414 g/mol. The van der Waals surface area contributed by atoms with E-state index in [1.54, 1.807) is 20.4 Å². The summed E-state index contributed by atoms with van der Waals surface area (Å²) in [5, 5.41) is 9.78. The average molecular weight is 414 g/mol. The maximum Gasteiger partial charge on any atom is 0.490 e. The van der Waals surface area contributed by atoms with Crippen LogP contribution in [0.2, 0.25) is 0 Å². The minimum Gasteiger partial charge on any atom is -0.497 e. The van der Waals surface area contributed by atoms with Crippen molar-refractivity contribution in [2.45, 2.75) is 25.8 Å². The van der Waals surface area contributed by atoms with Crippen LogP contribution in [0.15, 0.2) is 30.5 Å². The summed E-state index contributed by atoms with van der Waals surface area (Å²) in [6, 6.07) is 8.11. The Balaban J connectivity index is 0.000000370. The molecule has 11 heteroatoms. The highest BCUT2D eigenvalue weighted by Crippen LogP contribution is 2.18. The van der Waals surface area contributed by atoms with Crippen LogP contribution >= 0.6 is 0 Å². The third-order valence-corrected chi connectivity index (χ3v) is 4.21. The number of amides is 1. The number of carboxylic acids is 1. The highest BCUT2D eigenvalue weighted by atomic mass is 19.4. The quantitative estimate of drug-likeness (QED) is 0.793. The van der Waals surface area contributed by atoms with E-state index in [1.165, 1.54) is 5.56 Å². The molecule has 0 saturated heterocycles. The molecular formula is C18H21F3N4O4. The second-order valence-corrected chi connectivity index (χ2v) is 6.15. The lowest BCUT2D eigenvalue weighted by atomic mass is 10.2. The smallest absolute Gasteiger partial charge is 0.490 e. The number of halogens is 3. The molecule has 0 saturated carbocycles. The van der Waals surface area contributed by atoms with Crippen LogP contribution in [0.1, 0.15) is 21.9 Å². The van der Waals surface area contributed by atoms with Gasteiger partial charge in [0.1, 0.15) is 17.3 Å². The van der Waals surface area contributed by atoms with E-state index in [0.29, 0.717) is 5.69 Å². The molecule has 0 bridgehead atoms. The normalized spacial score (nSPS) is 13.7. The largest absolute Gasteiger partial charge is 0.497 e. The van der Waals surface area contributed by atoms with Gasteiger partial charge in [0.05, 0.1) is 19.9 Å². The number of rotatable bonds is 4. The van der Waals surface area contributed by atoms with Gasteiger partial charge in [-0.2, -0.15) is 13.2 Å². The molecular weight excluding hydrogens is 393 g/mol. The number of carboxylic acid groups (broad SMARTS) is 1. The first-order chi connectivity index (χ1) is 13.7. The molecule has 2 heterocycles. The number of fused-ring (bicyclic) bond motifs is 1. The minimum absolute atomic E-state index is 0.0812. The number of nitrogens with one attached hydrogen (secondary N) is 1. The number of hydrogen-bond acceptors (Lipinski definition) is 5. The summed E-state index contributed by atoms with van der Waals surface area (Å²) in [6.07, 6.45) is -3.43. The summed E-state index contributed by atoms with van der Waals surface area (Å²) in [5.74, 6) is -1.03. The number of imidazole rings is 1. The summed E-state index contributed by atoms with van der Waals surface area (Å²) in [4.78, 5) is 27.4. The Hall–Kier alpha value is -3.08. The first-order valence-electron chi connectivity index (χ1n) is 8.57. The van der Waals surface area contributed by atoms with Gasteiger partial charge >= 0.3 is 12.1 Å². The predicted octanol–water partition coefficient (Wildman–Crippen LogP) is 1.90. The van der Waals surface area contributed by atoms with Crippen LogP contribution in [0.4, 0.5) is 13.2 Å². The number of ether oxygens (including phenoxy) is 1. The van der Waals surface area contributed by atoms with Gasteiger partial charge in [-0.15, -0.1) is 0 Å². The van der Waals surface area contributed by atoms with Crippen molar-refractivity contribution in [1.82, 2.24) is 19.8 Å². The van der Waals surface area contributed by atoms with E-state index >= 15 is 0 Å². The average Bonchev–Trinajstić information content (AvgIpc) is 3.11. The third kappa shape index (κ3) is 5.95. The molecule has 1 aromatic heterocycles. The fourth-order valence-corrected chi connectivity index (χ4v) is 2.74. The molecule has 3 rings (SSSR count). The number of aromatic nitrogens is 2. The van der Waals surface area contributed by atoms with E-state index in [9.17, 15) is 18.0 Å². The third-order valence-electron chi connectivity index (χ3n) is 4.21. The molecule has 0 atom stereocenters. The molecule has 0 aliphatic carbocycles. The van der Waals surface area contributed by atoms with Gasteiger partial charge in [0.25, 0.3) is 5.91 Å². The fraction of sp³-hybridized carbons (Fsp3) is 0.389. The maximum absolute atomic E-state index is 11.8. The van der Waals surface area contributed by atoms with Crippen LogP contribution in [0.25, 0.3) is 0 Å². The zero-order chi connectivity index (χ0) is 21.6. The van der Waals surface area contributed by atoms with Crippen molar-refractivity contribution in [3.05, 3.63) is 47.5 Å². The molecule has 0 unspecified atom stereocenters. The second-order valence-electron chi connectivity index (χ2n) is 6.15. The van der Waals surface area contributed by atoms with Crippen molar-refractivity contribution < 1.29 is 32.6 Å². The lowest BCUT2D eigenvalue weighted by molar-refractivity contribution is -0.192. The van der Waals surface area contributed by atoms with Crippen molar-refractivity contribution in [2.75, 3.05) is 20.7 Å². The second kappa shape index (κ2) is 9.41. The van der Waals surface area contributed by atoms with Gasteiger partial charge in [-0.1, -0.05) is 12.1 Å². The molecule has 2 aromatic rings. The summed E-state index contributed by atoms with van der Waals surface area (Å²) in [5.41, 5.74) is 1.88. The summed E-state index contributed by atoms with van der Waals surface area (Å²) < 4.78 is 38.9. The summed E-state index contributed by atoms with van der Waals surface area (Å²) in [7, 11) is 3.31. The number of methoxy groups -OCH3 is 1. The number of nitrogens with zero attached hydrogens (tertiary/aromatic N) is 3. The number of hydrogen-bond donors (Lipinski definition) is 2. The summed E-state index contributed by atoms with van der Waals surface area (Å²) >= 11 is 0. The lowest BCUT2D eigenvalue weighted by Crippen LogP contribution is -2.35. The Morgan fingerprint density at radius 2 is 1.86 bits per heavy atom. The molecule has 8 nitrogen and oxygen atoms in total. The Labute approximate surface area is 164 Å². The highest BCUT2D eigenvalue weighted by molar-refractivity contribution is 5.92. The van der Waals surface area contributed by atoms with Crippen LogP contribution in [0.3, 0.4) is 0 Å². The van der Waals surface area contributed by atoms with Gasteiger partial charge in [-0.3, -0.25) is 9.69 Å². The van der Waals surface area contributed by atoms with E-state index in [2.05, 4.69) is 27.3 Å². The van der Waals surface area contributed by atoms with Gasteiger partial charge in [-0.25, -0.2) is 9.78 Å². The number of alkyl halides is 3. The molecule has 1 aliphatic heterocycles. The van der Waals surface area contributed by atoms with Crippen LogP contribution in [-0.4, -0.2) is 58.3 Å². The van der Waals surface area contributed by atoms with E-state index in [-0.39, 0.29) is 5.91 Å². The molecule has 2 N–H and O–H groups in total. The molecule has 1 amide bonds. The number of carbonyl (C=O) groups is 2. The molecule has 29 heavy (non-hydrogen) atoms. The highest BCUT2D eigenvalue weighted by Gasteiger charge is 2.38. The van der Waals surface area contributed by atoms with Gasteiger partial charge in [0.2, 0.25) is 0 Å². The SMILES string of the molecule is CNC(=O)c1cnc2n1CCN(Cc1ccc(OC)cc1)C2.O=C(O)C(F)(F)F. The van der Waals surface area contributed by atoms with Crippen molar-refractivity contribution in [3.8, 4) is 5.75 Å². The number of aliphatic carboxylic acids is 1. The van der Waals surface area contributed by atoms with Gasteiger partial charge in [-0.05, 0) is 17.7 Å². The van der Waals surface area contributed by atoms with Crippen LogP contribution in [-0.2, 0) is 24.4 Å². The van der Waals surface area contributed by atoms with Gasteiger partial charge < -0.3 is 19.7 Å². The van der Waals surface area contributed by atoms with E-state index in [4.69, 9.17) is 14.6 Å². The Morgan fingerprint density at radius 1 is 1.24 bits per heavy atom. The first-order valence-corrected chi connectivity index (χ1v) is 8.57. The topological polar surface area (TPSA) is 96.7 Å². The van der Waals surface area contributed by atoms with Crippen LogP contribution in [0.5, 0.6) is 5.75 Å². The molecule has 0 radical (unpaired) electrons. The molecule has 1 aliphatic rings. The van der Waals surface area contributed by atoms with Gasteiger partial charge in [0, 0.05) is 26.7 Å². The Kier molecular flexibility index (Phi) is 7.21. The lowest BCUT2D eigenvalue weighted by Gasteiger charge is -2.28. The first kappa shape index (κ1) is 22.2. The zero-order valence-corrected chi connectivity index (χ0v) is 15.9. The summed E-state index contributed by atoms with van der Waals surface area (Å²) in [6.45, 7) is 3.31. The Bertz CT molecular complexity index is 850. The maximum atomic E-state index is 11.8. The van der Waals surface area contributed by atoms with Crippen LogP contribution in [0, 0.1) is 0 Å². The van der Waals surface area contributed by atoms with Gasteiger partial charge in [0.15, 0.2) is 0 Å². The van der Waals surface area contributed by atoms with Crippen molar-refractivity contribution in [1.29, 1.82) is 0 Å². The van der Waals surface area contributed by atoms with Crippen molar-refractivity contribution in [3.63, 3.8) is 0 Å². The van der Waals surface area contributed by atoms with Crippen molar-refractivity contribution >= 4 is 11.9 Å². The Morgan fingerprint density at radius 3 is 2.38 bits per heavy atom. The predicted molar refractivity (Wildman–Crippen MR) is 96.4 cm³/mol. The molecule has 158 valence electrons.